The minimum Gasteiger partial charge on any atom is -0.485 e. The van der Waals surface area contributed by atoms with Gasteiger partial charge < -0.3 is 19.8 Å². The predicted octanol–water partition coefficient (Wildman–Crippen LogP) is 4.22. The Hall–Kier alpha value is -3.90. The summed E-state index contributed by atoms with van der Waals surface area (Å²) in [6.45, 7) is 4.94. The average Bonchev–Trinajstić information content (AvgIpc) is 3.12. The molecule has 0 aliphatic rings. The highest BCUT2D eigenvalue weighted by atomic mass is 16.5. The normalized spacial score (nSPS) is 11.0. The van der Waals surface area contributed by atoms with Crippen molar-refractivity contribution in [1.29, 1.82) is 0 Å². The van der Waals surface area contributed by atoms with Crippen LogP contribution in [0, 0.1) is 0 Å². The van der Waals surface area contributed by atoms with Gasteiger partial charge in [0, 0.05) is 17.5 Å². The number of rotatable bonds is 10. The van der Waals surface area contributed by atoms with Crippen LogP contribution in [0.3, 0.4) is 0 Å². The highest BCUT2D eigenvalue weighted by Gasteiger charge is 2.21. The maximum atomic E-state index is 12.3. The van der Waals surface area contributed by atoms with Crippen LogP contribution in [-0.4, -0.2) is 30.0 Å². The van der Waals surface area contributed by atoms with Crippen molar-refractivity contribution in [2.75, 3.05) is 13.2 Å². The largest absolute Gasteiger partial charge is 0.485 e. The number of primary amides is 1. The summed E-state index contributed by atoms with van der Waals surface area (Å²) in [6.07, 6.45) is 2.39. The van der Waals surface area contributed by atoms with Crippen molar-refractivity contribution in [3.05, 3.63) is 90.0 Å². The molecule has 4 rings (SSSR count). The first-order valence-corrected chi connectivity index (χ1v) is 10.3. The predicted molar refractivity (Wildman–Crippen MR) is 125 cm³/mol. The number of carbonyl (C=O) groups excluding carboxylic acids is 2. The fourth-order valence-electron chi connectivity index (χ4n) is 4.00. The number of nitrogens with zero attached hydrogens (tertiary/aromatic N) is 1. The average molecular weight is 428 g/mol. The van der Waals surface area contributed by atoms with Gasteiger partial charge in [-0.1, -0.05) is 42.5 Å². The smallest absolute Gasteiger partial charge is 0.249 e. The van der Waals surface area contributed by atoms with Crippen LogP contribution in [0.15, 0.2) is 73.3 Å². The van der Waals surface area contributed by atoms with Gasteiger partial charge in [-0.05, 0) is 35.4 Å². The summed E-state index contributed by atoms with van der Waals surface area (Å²) in [5, 5.41) is 1.46. The second-order valence-corrected chi connectivity index (χ2v) is 7.41. The second kappa shape index (κ2) is 9.49. The van der Waals surface area contributed by atoms with Crippen LogP contribution in [-0.2, 0) is 22.7 Å². The molecule has 4 aromatic rings. The molecule has 2 N–H and O–H groups in total. The van der Waals surface area contributed by atoms with Crippen molar-refractivity contribution in [2.24, 2.45) is 5.73 Å². The van der Waals surface area contributed by atoms with Gasteiger partial charge in [0.2, 0.25) is 5.91 Å². The van der Waals surface area contributed by atoms with Gasteiger partial charge in [0.15, 0.2) is 6.29 Å². The van der Waals surface area contributed by atoms with Crippen LogP contribution in [0.25, 0.3) is 21.8 Å². The molecule has 0 aliphatic heterocycles. The number of aromatic nitrogens is 1. The van der Waals surface area contributed by atoms with Gasteiger partial charge in [0.25, 0.3) is 0 Å². The van der Waals surface area contributed by atoms with E-state index in [2.05, 4.69) is 23.3 Å². The van der Waals surface area contributed by atoms with E-state index in [0.29, 0.717) is 42.7 Å². The van der Waals surface area contributed by atoms with E-state index in [1.165, 1.54) is 0 Å². The van der Waals surface area contributed by atoms with Gasteiger partial charge in [0.05, 0.1) is 29.6 Å². The van der Waals surface area contributed by atoms with E-state index in [0.717, 1.165) is 27.5 Å². The molecule has 0 atom stereocenters. The van der Waals surface area contributed by atoms with Gasteiger partial charge in [-0.25, -0.2) is 0 Å². The van der Waals surface area contributed by atoms with Gasteiger partial charge in [0.1, 0.15) is 12.4 Å². The van der Waals surface area contributed by atoms with Gasteiger partial charge in [-0.2, -0.15) is 0 Å². The highest BCUT2D eigenvalue weighted by molar-refractivity contribution is 6.19. The number of hydrogen-bond acceptors (Lipinski definition) is 4. The topological polar surface area (TPSA) is 83.6 Å². The van der Waals surface area contributed by atoms with Crippen molar-refractivity contribution in [1.82, 2.24) is 4.57 Å². The van der Waals surface area contributed by atoms with E-state index in [1.807, 2.05) is 42.5 Å². The van der Waals surface area contributed by atoms with E-state index in [1.54, 1.807) is 12.1 Å². The minimum absolute atomic E-state index is 0.101. The van der Waals surface area contributed by atoms with E-state index >= 15 is 0 Å². The van der Waals surface area contributed by atoms with E-state index in [9.17, 15) is 9.59 Å². The summed E-state index contributed by atoms with van der Waals surface area (Å²) in [4.78, 5) is 23.3. The lowest BCUT2D eigenvalue weighted by molar-refractivity contribution is -0.109. The Balaban J connectivity index is 2.02. The van der Waals surface area contributed by atoms with Crippen LogP contribution in [0.1, 0.15) is 21.5 Å². The molecule has 1 aromatic heterocycles. The number of hydrogen-bond donors (Lipinski definition) is 1. The van der Waals surface area contributed by atoms with Crippen molar-refractivity contribution >= 4 is 34.0 Å². The van der Waals surface area contributed by atoms with Crippen LogP contribution in [0.5, 0.6) is 5.75 Å². The molecule has 6 nitrogen and oxygen atoms in total. The van der Waals surface area contributed by atoms with Crippen LogP contribution in [0.2, 0.25) is 0 Å². The van der Waals surface area contributed by atoms with Gasteiger partial charge in [-0.15, -0.1) is 6.58 Å². The Morgan fingerprint density at radius 2 is 1.78 bits per heavy atom. The molecule has 0 saturated carbocycles. The quantitative estimate of drug-likeness (QED) is 0.233. The Labute approximate surface area is 185 Å². The molecule has 0 spiro atoms. The van der Waals surface area contributed by atoms with Crippen molar-refractivity contribution < 1.29 is 19.1 Å². The number of aldehydes is 1. The monoisotopic (exact) mass is 428 g/mol. The van der Waals surface area contributed by atoms with Crippen LogP contribution < -0.4 is 10.5 Å². The summed E-state index contributed by atoms with van der Waals surface area (Å²) in [6, 6.07) is 19.4. The van der Waals surface area contributed by atoms with Crippen LogP contribution >= 0.6 is 0 Å². The summed E-state index contributed by atoms with van der Waals surface area (Å²) >= 11 is 0. The molecule has 3 aromatic carbocycles. The number of amides is 1. The Kier molecular flexibility index (Phi) is 6.33. The fraction of sp³-hybridized carbons (Fsp3) is 0.154. The molecule has 0 bridgehead atoms. The third-order valence-electron chi connectivity index (χ3n) is 5.28. The maximum Gasteiger partial charge on any atom is 0.249 e. The lowest BCUT2D eigenvalue weighted by atomic mass is 10.0. The molecular formula is C26H24N2O4. The summed E-state index contributed by atoms with van der Waals surface area (Å²) in [5.74, 6) is -0.00796. The van der Waals surface area contributed by atoms with Crippen molar-refractivity contribution in [3.8, 4) is 5.75 Å². The van der Waals surface area contributed by atoms with E-state index in [-0.39, 0.29) is 6.61 Å². The number of fused-ring (bicyclic) bond motifs is 3. The highest BCUT2D eigenvalue weighted by Crippen LogP contribution is 2.39. The minimum atomic E-state index is -0.519. The Morgan fingerprint density at radius 3 is 2.50 bits per heavy atom. The SMILES string of the molecule is C=CCOCc1cc(OCC=O)c2c3c(C(N)=O)cccc3n(Cc3ccccc3)c2c1. The number of nitrogens with two attached hydrogens (primary N) is 1. The molecule has 162 valence electrons. The van der Waals surface area contributed by atoms with Gasteiger partial charge >= 0.3 is 0 Å². The molecule has 0 aliphatic carbocycles. The molecule has 32 heavy (non-hydrogen) atoms. The van der Waals surface area contributed by atoms with Crippen molar-refractivity contribution in [2.45, 2.75) is 13.2 Å². The number of carbonyl (C=O) groups is 2. The molecular weight excluding hydrogens is 404 g/mol. The first kappa shape index (κ1) is 21.3. The third kappa shape index (κ3) is 4.13. The first-order chi connectivity index (χ1) is 15.6. The zero-order valence-corrected chi connectivity index (χ0v) is 17.6. The van der Waals surface area contributed by atoms with Crippen molar-refractivity contribution in [3.63, 3.8) is 0 Å². The molecule has 6 heteroatoms. The Morgan fingerprint density at radius 1 is 0.969 bits per heavy atom. The molecule has 0 unspecified atom stereocenters. The third-order valence-corrected chi connectivity index (χ3v) is 5.28. The number of ether oxygens (including phenoxy) is 2. The zero-order valence-electron chi connectivity index (χ0n) is 17.6. The maximum absolute atomic E-state index is 12.3. The summed E-state index contributed by atoms with van der Waals surface area (Å²) < 4.78 is 13.6. The second-order valence-electron chi connectivity index (χ2n) is 7.41. The summed E-state index contributed by atoms with van der Waals surface area (Å²) in [7, 11) is 0. The molecule has 0 saturated heterocycles. The van der Waals surface area contributed by atoms with E-state index < -0.39 is 5.91 Å². The lowest BCUT2D eigenvalue weighted by Gasteiger charge is -2.12. The van der Waals surface area contributed by atoms with E-state index in [4.69, 9.17) is 15.2 Å². The molecule has 1 heterocycles. The zero-order chi connectivity index (χ0) is 22.5. The number of benzene rings is 3. The lowest BCUT2D eigenvalue weighted by Crippen LogP contribution is -2.11. The molecule has 1 amide bonds. The fourth-order valence-corrected chi connectivity index (χ4v) is 4.00. The van der Waals surface area contributed by atoms with Gasteiger partial charge in [-0.3, -0.25) is 9.59 Å². The molecule has 0 radical (unpaired) electrons. The first-order valence-electron chi connectivity index (χ1n) is 10.3. The molecule has 0 fully saturated rings. The van der Waals surface area contributed by atoms with Crippen LogP contribution in [0.4, 0.5) is 0 Å². The Bertz CT molecular complexity index is 1290. The summed E-state index contributed by atoms with van der Waals surface area (Å²) in [5.41, 5.74) is 9.86. The standard InChI is InChI=1S/C26H24N2O4/c1-2-12-31-17-19-14-22-25(23(15-19)32-13-11-29)24-20(26(27)30)9-6-10-21(24)28(22)16-18-7-4-3-5-8-18/h2-11,14-15H,1,12-13,16-17H2,(H2,27,30).